The van der Waals surface area contributed by atoms with Crippen molar-refractivity contribution in [1.29, 1.82) is 0 Å². The molecule has 1 aliphatic heterocycles. The van der Waals surface area contributed by atoms with Crippen molar-refractivity contribution in [2.45, 2.75) is 32.7 Å². The van der Waals surface area contributed by atoms with Crippen molar-refractivity contribution >= 4 is 17.5 Å². The summed E-state index contributed by atoms with van der Waals surface area (Å²) in [6.07, 6.45) is 6.68. The first-order chi connectivity index (χ1) is 9.76. The highest BCUT2D eigenvalue weighted by atomic mass is 35.5. The van der Waals surface area contributed by atoms with Crippen LogP contribution < -0.4 is 4.90 Å². The molecule has 0 saturated carbocycles. The van der Waals surface area contributed by atoms with E-state index in [1.807, 2.05) is 6.20 Å². The highest BCUT2D eigenvalue weighted by Crippen LogP contribution is 2.18. The van der Waals surface area contributed by atoms with E-state index >= 15 is 0 Å². The van der Waals surface area contributed by atoms with Gasteiger partial charge in [-0.2, -0.15) is 9.97 Å². The van der Waals surface area contributed by atoms with E-state index in [-0.39, 0.29) is 5.28 Å². The highest BCUT2D eigenvalue weighted by molar-refractivity contribution is 6.28. The highest BCUT2D eigenvalue weighted by Gasteiger charge is 2.17. The first kappa shape index (κ1) is 13.3. The minimum Gasteiger partial charge on any atom is -0.341 e. The Morgan fingerprint density at radius 2 is 2.00 bits per heavy atom. The summed E-state index contributed by atoms with van der Waals surface area (Å²) in [7, 11) is 0. The Bertz CT molecular complexity index is 590. The molecule has 0 amide bonds. The molecule has 1 saturated heterocycles. The van der Waals surface area contributed by atoms with E-state index in [1.54, 1.807) is 6.20 Å². The lowest BCUT2D eigenvalue weighted by Gasteiger charge is -2.15. The monoisotopic (exact) mass is 292 g/mol. The maximum Gasteiger partial charge on any atom is 0.229 e. The van der Waals surface area contributed by atoms with Gasteiger partial charge in [0.05, 0.1) is 6.42 Å². The van der Waals surface area contributed by atoms with Gasteiger partial charge in [-0.15, -0.1) is 0 Å². The molecule has 6 nitrogen and oxygen atoms in total. The van der Waals surface area contributed by atoms with Crippen LogP contribution in [0.4, 0.5) is 5.95 Å². The van der Waals surface area contributed by atoms with Gasteiger partial charge in [0.25, 0.3) is 0 Å². The van der Waals surface area contributed by atoms with Gasteiger partial charge in [0.1, 0.15) is 11.6 Å². The Labute approximate surface area is 122 Å². The summed E-state index contributed by atoms with van der Waals surface area (Å²) >= 11 is 6.03. The third-order valence-corrected chi connectivity index (χ3v) is 3.66. The zero-order valence-electron chi connectivity index (χ0n) is 11.5. The molecule has 106 valence electrons. The molecule has 1 aliphatic rings. The van der Waals surface area contributed by atoms with Crippen molar-refractivity contribution in [2.24, 2.45) is 0 Å². The van der Waals surface area contributed by atoms with Crippen LogP contribution in [0.15, 0.2) is 12.4 Å². The van der Waals surface area contributed by atoms with Crippen LogP contribution in [0, 0.1) is 0 Å². The van der Waals surface area contributed by atoms with E-state index in [9.17, 15) is 0 Å². The zero-order valence-corrected chi connectivity index (χ0v) is 12.2. The molecule has 0 bridgehead atoms. The number of aryl methyl sites for hydroxylation is 1. The van der Waals surface area contributed by atoms with E-state index in [4.69, 9.17) is 11.6 Å². The second-order valence-corrected chi connectivity index (χ2v) is 5.16. The molecule has 1 fully saturated rings. The zero-order chi connectivity index (χ0) is 13.9. The number of aromatic nitrogens is 5. The molecule has 0 radical (unpaired) electrons. The van der Waals surface area contributed by atoms with Crippen molar-refractivity contribution in [2.75, 3.05) is 18.0 Å². The van der Waals surface area contributed by atoms with Crippen LogP contribution in [0.2, 0.25) is 5.28 Å². The van der Waals surface area contributed by atoms with Gasteiger partial charge in [0.15, 0.2) is 0 Å². The molecule has 2 aromatic heterocycles. The second kappa shape index (κ2) is 5.75. The number of hydrogen-bond donors (Lipinski definition) is 0. The van der Waals surface area contributed by atoms with E-state index < -0.39 is 0 Å². The van der Waals surface area contributed by atoms with Crippen LogP contribution in [0.3, 0.4) is 0 Å². The molecule has 0 aromatic carbocycles. The normalized spacial score (nSPS) is 15.0. The molecule has 0 spiro atoms. The SMILES string of the molecule is CCn1ccnc1Cc1nc(Cl)nc(N2CCCC2)n1. The molecule has 20 heavy (non-hydrogen) atoms. The molecule has 7 heteroatoms. The quantitative estimate of drug-likeness (QED) is 0.862. The number of imidazole rings is 1. The molecule has 0 unspecified atom stereocenters. The van der Waals surface area contributed by atoms with Gasteiger partial charge in [-0.05, 0) is 31.4 Å². The third kappa shape index (κ3) is 2.75. The van der Waals surface area contributed by atoms with E-state index in [0.717, 1.165) is 25.5 Å². The number of hydrogen-bond acceptors (Lipinski definition) is 5. The van der Waals surface area contributed by atoms with Crippen molar-refractivity contribution in [3.63, 3.8) is 0 Å². The topological polar surface area (TPSA) is 59.7 Å². The number of halogens is 1. The van der Waals surface area contributed by atoms with E-state index in [0.29, 0.717) is 18.2 Å². The van der Waals surface area contributed by atoms with Crippen LogP contribution in [0.1, 0.15) is 31.4 Å². The lowest BCUT2D eigenvalue weighted by Crippen LogP contribution is -2.21. The fourth-order valence-electron chi connectivity index (χ4n) is 2.45. The first-order valence-corrected chi connectivity index (χ1v) is 7.29. The van der Waals surface area contributed by atoms with Gasteiger partial charge in [-0.25, -0.2) is 9.97 Å². The van der Waals surface area contributed by atoms with Crippen molar-refractivity contribution in [1.82, 2.24) is 24.5 Å². The largest absolute Gasteiger partial charge is 0.341 e. The molecule has 0 N–H and O–H groups in total. The Hall–Kier alpha value is -1.69. The smallest absolute Gasteiger partial charge is 0.229 e. The molecule has 3 rings (SSSR count). The van der Waals surface area contributed by atoms with Crippen molar-refractivity contribution < 1.29 is 0 Å². The predicted molar refractivity (Wildman–Crippen MR) is 77.0 cm³/mol. The fraction of sp³-hybridized carbons (Fsp3) is 0.538. The van der Waals surface area contributed by atoms with E-state index in [1.165, 1.54) is 12.8 Å². The average molecular weight is 293 g/mol. The van der Waals surface area contributed by atoms with Crippen LogP contribution in [-0.2, 0) is 13.0 Å². The minimum atomic E-state index is 0.256. The van der Waals surface area contributed by atoms with Crippen molar-refractivity contribution in [3.8, 4) is 0 Å². The van der Waals surface area contributed by atoms with Crippen LogP contribution in [0.25, 0.3) is 0 Å². The summed E-state index contributed by atoms with van der Waals surface area (Å²) in [5.41, 5.74) is 0. The lowest BCUT2D eigenvalue weighted by molar-refractivity contribution is 0.699. The Balaban J connectivity index is 1.85. The van der Waals surface area contributed by atoms with Crippen molar-refractivity contribution in [3.05, 3.63) is 29.3 Å². The molecular formula is C13H17ClN6. The Morgan fingerprint density at radius 1 is 1.20 bits per heavy atom. The summed E-state index contributed by atoms with van der Waals surface area (Å²) in [6.45, 7) is 4.95. The fourth-order valence-corrected chi connectivity index (χ4v) is 2.63. The van der Waals surface area contributed by atoms with E-state index in [2.05, 4.69) is 36.3 Å². The number of nitrogens with zero attached hydrogens (tertiary/aromatic N) is 6. The summed E-state index contributed by atoms with van der Waals surface area (Å²) in [5, 5.41) is 0.256. The molecule has 2 aromatic rings. The summed E-state index contributed by atoms with van der Waals surface area (Å²) in [5.74, 6) is 2.31. The van der Waals surface area contributed by atoms with Crippen LogP contribution >= 0.6 is 11.6 Å². The molecule has 0 atom stereocenters. The molecular weight excluding hydrogens is 276 g/mol. The number of rotatable bonds is 4. The lowest BCUT2D eigenvalue weighted by atomic mass is 10.3. The summed E-state index contributed by atoms with van der Waals surface area (Å²) < 4.78 is 2.08. The van der Waals surface area contributed by atoms with Gasteiger partial charge >= 0.3 is 0 Å². The van der Waals surface area contributed by atoms with Gasteiger partial charge < -0.3 is 9.47 Å². The van der Waals surface area contributed by atoms with Gasteiger partial charge in [0, 0.05) is 32.0 Å². The average Bonchev–Trinajstić information content (AvgIpc) is 3.08. The predicted octanol–water partition coefficient (Wildman–Crippen LogP) is 1.93. The van der Waals surface area contributed by atoms with Crippen LogP contribution in [0.5, 0.6) is 0 Å². The third-order valence-electron chi connectivity index (χ3n) is 3.49. The standard InChI is InChI=1S/C13H17ClN6/c1-2-19-8-5-15-11(19)9-10-16-12(14)18-13(17-10)20-6-3-4-7-20/h5,8H,2-4,6-7,9H2,1H3. The second-order valence-electron chi connectivity index (χ2n) is 4.82. The Morgan fingerprint density at radius 3 is 2.75 bits per heavy atom. The Kier molecular flexibility index (Phi) is 3.82. The van der Waals surface area contributed by atoms with Crippen LogP contribution in [-0.4, -0.2) is 37.6 Å². The van der Waals surface area contributed by atoms with Gasteiger partial charge in [-0.1, -0.05) is 0 Å². The minimum absolute atomic E-state index is 0.256. The molecule has 0 aliphatic carbocycles. The first-order valence-electron chi connectivity index (χ1n) is 6.91. The number of anilines is 1. The van der Waals surface area contributed by atoms with Gasteiger partial charge in [-0.3, -0.25) is 0 Å². The van der Waals surface area contributed by atoms with Gasteiger partial charge in [0.2, 0.25) is 11.2 Å². The maximum absolute atomic E-state index is 6.03. The summed E-state index contributed by atoms with van der Waals surface area (Å²) in [4.78, 5) is 19.5. The maximum atomic E-state index is 6.03. The summed E-state index contributed by atoms with van der Waals surface area (Å²) in [6, 6.07) is 0. The molecule has 3 heterocycles.